The lowest BCUT2D eigenvalue weighted by Crippen LogP contribution is -2.51. The van der Waals surface area contributed by atoms with E-state index in [2.05, 4.69) is 36.0 Å². The van der Waals surface area contributed by atoms with Crippen molar-refractivity contribution in [2.24, 2.45) is 4.99 Å². The molecule has 0 unspecified atom stereocenters. The van der Waals surface area contributed by atoms with Gasteiger partial charge in [-0.25, -0.2) is 4.98 Å². The van der Waals surface area contributed by atoms with Crippen molar-refractivity contribution in [2.75, 3.05) is 39.0 Å². The Morgan fingerprint density at radius 2 is 2.25 bits per heavy atom. The third-order valence-corrected chi connectivity index (χ3v) is 4.98. The van der Waals surface area contributed by atoms with E-state index in [9.17, 15) is 0 Å². The van der Waals surface area contributed by atoms with Crippen LogP contribution in [0.15, 0.2) is 23.2 Å². The van der Waals surface area contributed by atoms with E-state index in [0.717, 1.165) is 50.0 Å². The molecule has 1 fully saturated rings. The van der Waals surface area contributed by atoms with Crippen molar-refractivity contribution in [3.8, 4) is 5.88 Å². The topological polar surface area (TPSA) is 49.8 Å². The third kappa shape index (κ3) is 6.66. The molecule has 0 amide bonds. The molecule has 0 spiro atoms. The summed E-state index contributed by atoms with van der Waals surface area (Å²) in [5.41, 5.74) is 1.01. The fraction of sp³-hybridized carbons (Fsp3) is 0.647. The molecule has 0 aliphatic carbocycles. The maximum absolute atomic E-state index is 5.17. The van der Waals surface area contributed by atoms with Crippen LogP contribution in [-0.2, 0) is 6.42 Å². The van der Waals surface area contributed by atoms with E-state index in [4.69, 9.17) is 9.73 Å². The molecule has 2 heterocycles. The van der Waals surface area contributed by atoms with Crippen LogP contribution >= 0.6 is 35.7 Å². The van der Waals surface area contributed by atoms with Crippen LogP contribution in [-0.4, -0.2) is 59.6 Å². The molecule has 1 aliphatic rings. The number of nitrogens with zero attached hydrogens (tertiary/aromatic N) is 3. The quantitative estimate of drug-likeness (QED) is 0.413. The lowest BCUT2D eigenvalue weighted by molar-refractivity contribution is 0.376. The normalized spacial score (nSPS) is 17.2. The number of pyridine rings is 1. The first-order valence-corrected chi connectivity index (χ1v) is 9.20. The fourth-order valence-corrected chi connectivity index (χ4v) is 3.72. The lowest BCUT2D eigenvalue weighted by atomic mass is 10.2. The van der Waals surface area contributed by atoms with Crippen LogP contribution in [0, 0.1) is 0 Å². The maximum atomic E-state index is 5.17. The van der Waals surface area contributed by atoms with Crippen molar-refractivity contribution in [3.05, 3.63) is 23.9 Å². The molecule has 0 atom stereocenters. The minimum atomic E-state index is 0. The van der Waals surface area contributed by atoms with E-state index < -0.39 is 0 Å². The highest BCUT2D eigenvalue weighted by atomic mass is 127. The van der Waals surface area contributed by atoms with Crippen LogP contribution in [0.2, 0.25) is 0 Å². The van der Waals surface area contributed by atoms with Crippen LogP contribution in [0.3, 0.4) is 0 Å². The van der Waals surface area contributed by atoms with Gasteiger partial charge in [-0.1, -0.05) is 6.07 Å². The predicted octanol–water partition coefficient (Wildman–Crippen LogP) is 3.04. The van der Waals surface area contributed by atoms with Crippen molar-refractivity contribution >= 4 is 41.7 Å². The van der Waals surface area contributed by atoms with Crippen LogP contribution in [0.5, 0.6) is 5.88 Å². The van der Waals surface area contributed by atoms with Gasteiger partial charge < -0.3 is 15.0 Å². The highest BCUT2D eigenvalue weighted by Gasteiger charge is 2.28. The standard InChI is InChI=1S/C17H28N4OS.HI/c1-5-18-16(21-11-12-23-17(2,3)13-21)19-10-9-14-7-6-8-15(20-14)22-4;/h6-8H,5,9-13H2,1-4H3,(H,18,19);1H. The summed E-state index contributed by atoms with van der Waals surface area (Å²) >= 11 is 2.04. The van der Waals surface area contributed by atoms with Gasteiger partial charge in [0.2, 0.25) is 5.88 Å². The Morgan fingerprint density at radius 1 is 1.46 bits per heavy atom. The molecular weight excluding hydrogens is 435 g/mol. The van der Waals surface area contributed by atoms with Gasteiger partial charge >= 0.3 is 0 Å². The molecule has 1 saturated heterocycles. The van der Waals surface area contributed by atoms with Gasteiger partial charge in [-0.05, 0) is 26.8 Å². The van der Waals surface area contributed by atoms with Gasteiger partial charge in [0.15, 0.2) is 5.96 Å². The van der Waals surface area contributed by atoms with E-state index in [1.807, 2.05) is 30.0 Å². The first kappa shape index (κ1) is 21.3. The second-order valence-electron chi connectivity index (χ2n) is 6.19. The Balaban J connectivity index is 0.00000288. The van der Waals surface area contributed by atoms with E-state index in [1.165, 1.54) is 0 Å². The Labute approximate surface area is 167 Å². The molecule has 0 bridgehead atoms. The maximum Gasteiger partial charge on any atom is 0.213 e. The highest BCUT2D eigenvalue weighted by Crippen LogP contribution is 2.29. The number of hydrogen-bond acceptors (Lipinski definition) is 4. The molecule has 1 aromatic rings. The third-order valence-electron chi connectivity index (χ3n) is 3.68. The van der Waals surface area contributed by atoms with E-state index in [0.29, 0.717) is 5.88 Å². The van der Waals surface area contributed by atoms with Gasteiger partial charge in [-0.15, -0.1) is 24.0 Å². The average Bonchev–Trinajstić information content (AvgIpc) is 2.53. The summed E-state index contributed by atoms with van der Waals surface area (Å²) in [6.07, 6.45) is 0.818. The summed E-state index contributed by atoms with van der Waals surface area (Å²) in [5.74, 6) is 2.83. The number of aliphatic imine (C=N–C) groups is 1. The number of aromatic nitrogens is 1. The van der Waals surface area contributed by atoms with Gasteiger partial charge in [0.05, 0.1) is 7.11 Å². The lowest BCUT2D eigenvalue weighted by Gasteiger charge is -2.39. The van der Waals surface area contributed by atoms with Gasteiger partial charge in [-0.3, -0.25) is 4.99 Å². The molecule has 0 saturated carbocycles. The fourth-order valence-electron chi connectivity index (χ4n) is 2.61. The molecule has 136 valence electrons. The summed E-state index contributed by atoms with van der Waals surface area (Å²) in [6.45, 7) is 10.4. The summed E-state index contributed by atoms with van der Waals surface area (Å²) in [5, 5.41) is 3.42. The second-order valence-corrected chi connectivity index (χ2v) is 7.99. The smallest absolute Gasteiger partial charge is 0.213 e. The summed E-state index contributed by atoms with van der Waals surface area (Å²) < 4.78 is 5.45. The number of guanidine groups is 1. The van der Waals surface area contributed by atoms with Gasteiger partial charge in [-0.2, -0.15) is 11.8 Å². The number of rotatable bonds is 5. The zero-order chi connectivity index (χ0) is 16.7. The van der Waals surface area contributed by atoms with Crippen molar-refractivity contribution in [3.63, 3.8) is 0 Å². The number of thioether (sulfide) groups is 1. The number of methoxy groups -OCH3 is 1. The van der Waals surface area contributed by atoms with Gasteiger partial charge in [0.1, 0.15) is 0 Å². The van der Waals surface area contributed by atoms with Crippen LogP contribution in [0.25, 0.3) is 0 Å². The van der Waals surface area contributed by atoms with E-state index >= 15 is 0 Å². The number of ether oxygens (including phenoxy) is 1. The Morgan fingerprint density at radius 3 is 2.92 bits per heavy atom. The minimum Gasteiger partial charge on any atom is -0.481 e. The van der Waals surface area contributed by atoms with Crippen molar-refractivity contribution in [2.45, 2.75) is 31.9 Å². The zero-order valence-corrected chi connectivity index (χ0v) is 18.2. The second kappa shape index (κ2) is 10.3. The minimum absolute atomic E-state index is 0. The molecule has 24 heavy (non-hydrogen) atoms. The molecular formula is C17H29IN4OS. The highest BCUT2D eigenvalue weighted by molar-refractivity contribution is 14.0. The molecule has 1 aromatic heterocycles. The van der Waals surface area contributed by atoms with Crippen LogP contribution in [0.4, 0.5) is 0 Å². The largest absolute Gasteiger partial charge is 0.481 e. The first-order valence-electron chi connectivity index (χ1n) is 8.21. The van der Waals surface area contributed by atoms with Gasteiger partial charge in [0.25, 0.3) is 0 Å². The monoisotopic (exact) mass is 464 g/mol. The Bertz CT molecular complexity index is 539. The van der Waals surface area contributed by atoms with Crippen LogP contribution in [0.1, 0.15) is 26.5 Å². The molecule has 2 rings (SSSR count). The van der Waals surface area contributed by atoms with Crippen molar-refractivity contribution in [1.82, 2.24) is 15.2 Å². The predicted molar refractivity (Wildman–Crippen MR) is 114 cm³/mol. The molecule has 5 nitrogen and oxygen atoms in total. The SMILES string of the molecule is CCNC(=NCCc1cccc(OC)n1)N1CCSC(C)(C)C1.I. The van der Waals surface area contributed by atoms with Crippen molar-refractivity contribution < 1.29 is 4.74 Å². The Kier molecular flexibility index (Phi) is 9.18. The average molecular weight is 464 g/mol. The van der Waals surface area contributed by atoms with Gasteiger partial charge in [0, 0.05) is 54.9 Å². The van der Waals surface area contributed by atoms with E-state index in [1.54, 1.807) is 7.11 Å². The summed E-state index contributed by atoms with van der Waals surface area (Å²) in [6, 6.07) is 5.86. The summed E-state index contributed by atoms with van der Waals surface area (Å²) in [4.78, 5) is 11.6. The zero-order valence-electron chi connectivity index (χ0n) is 15.0. The molecule has 1 N–H and O–H groups in total. The Hall–Kier alpha value is -0.700. The summed E-state index contributed by atoms with van der Waals surface area (Å²) in [7, 11) is 1.64. The van der Waals surface area contributed by atoms with E-state index in [-0.39, 0.29) is 28.7 Å². The number of halogens is 1. The molecule has 1 aliphatic heterocycles. The molecule has 0 aromatic carbocycles. The number of hydrogen-bond donors (Lipinski definition) is 1. The first-order chi connectivity index (χ1) is 11.0. The molecule has 7 heteroatoms. The number of nitrogens with one attached hydrogen (secondary N) is 1. The molecule has 0 radical (unpaired) electrons. The van der Waals surface area contributed by atoms with Crippen LogP contribution < -0.4 is 10.1 Å². The van der Waals surface area contributed by atoms with Crippen molar-refractivity contribution in [1.29, 1.82) is 0 Å².